The smallest absolute Gasteiger partial charge is 0.344 e. The third kappa shape index (κ3) is 15.7. The Bertz CT molecular complexity index is 558. The van der Waals surface area contributed by atoms with E-state index in [1.54, 1.807) is 12.1 Å². The lowest BCUT2D eigenvalue weighted by atomic mass is 10.0. The van der Waals surface area contributed by atoms with Crippen LogP contribution in [0.4, 0.5) is 0 Å². The Morgan fingerprint density at radius 2 is 1.23 bits per heavy atom. The SMILES string of the molecule is CCCCCCCCCCCCCCCCCCOc1cccc(OC(C)C(=O)O)c1. The Kier molecular flexibility index (Phi) is 16.8. The summed E-state index contributed by atoms with van der Waals surface area (Å²) in [5, 5.41) is 8.92. The maximum absolute atomic E-state index is 10.9. The highest BCUT2D eigenvalue weighted by Gasteiger charge is 2.12. The van der Waals surface area contributed by atoms with Gasteiger partial charge in [0.15, 0.2) is 6.10 Å². The summed E-state index contributed by atoms with van der Waals surface area (Å²) in [5.41, 5.74) is 0. The Morgan fingerprint density at radius 3 is 1.71 bits per heavy atom. The minimum atomic E-state index is -0.973. The molecule has 4 heteroatoms. The van der Waals surface area contributed by atoms with Crippen molar-refractivity contribution in [3.8, 4) is 11.5 Å². The second-order valence-electron chi connectivity index (χ2n) is 8.72. The van der Waals surface area contributed by atoms with E-state index in [0.717, 1.165) is 12.2 Å². The first kappa shape index (κ1) is 27.3. The highest BCUT2D eigenvalue weighted by molar-refractivity contribution is 5.72. The van der Waals surface area contributed by atoms with Crippen molar-refractivity contribution >= 4 is 5.97 Å². The number of benzene rings is 1. The Hall–Kier alpha value is -1.71. The third-order valence-electron chi connectivity index (χ3n) is 5.73. The molecule has 0 spiro atoms. The number of hydrogen-bond donors (Lipinski definition) is 1. The summed E-state index contributed by atoms with van der Waals surface area (Å²) in [6.45, 7) is 4.49. The van der Waals surface area contributed by atoms with Crippen molar-refractivity contribution in [2.45, 2.75) is 123 Å². The summed E-state index contributed by atoms with van der Waals surface area (Å²) >= 11 is 0. The summed E-state index contributed by atoms with van der Waals surface area (Å²) in [7, 11) is 0. The third-order valence-corrected chi connectivity index (χ3v) is 5.73. The monoisotopic (exact) mass is 434 g/mol. The first-order chi connectivity index (χ1) is 15.1. The van der Waals surface area contributed by atoms with Crippen LogP contribution in [0.1, 0.15) is 117 Å². The minimum Gasteiger partial charge on any atom is -0.493 e. The lowest BCUT2D eigenvalue weighted by Gasteiger charge is -2.12. The lowest BCUT2D eigenvalue weighted by Crippen LogP contribution is -2.22. The standard InChI is InChI=1S/C27H46O4/c1-3-4-5-6-7-8-9-10-11-12-13-14-15-16-17-18-22-30-25-20-19-21-26(23-25)31-24(2)27(28)29/h19-21,23-24H,3-18,22H2,1-2H3,(H,28,29). The Morgan fingerprint density at radius 1 is 0.774 bits per heavy atom. The van der Waals surface area contributed by atoms with Gasteiger partial charge in [-0.15, -0.1) is 0 Å². The van der Waals surface area contributed by atoms with Crippen molar-refractivity contribution in [3.63, 3.8) is 0 Å². The zero-order chi connectivity index (χ0) is 22.6. The quantitative estimate of drug-likeness (QED) is 0.198. The van der Waals surface area contributed by atoms with Crippen molar-refractivity contribution in [1.82, 2.24) is 0 Å². The molecule has 0 saturated carbocycles. The van der Waals surface area contributed by atoms with E-state index in [9.17, 15) is 4.79 Å². The molecule has 0 aliphatic heterocycles. The molecule has 0 aromatic heterocycles. The maximum Gasteiger partial charge on any atom is 0.344 e. The van der Waals surface area contributed by atoms with E-state index in [4.69, 9.17) is 14.6 Å². The molecule has 0 fully saturated rings. The molecule has 178 valence electrons. The van der Waals surface area contributed by atoms with Gasteiger partial charge in [-0.1, -0.05) is 109 Å². The van der Waals surface area contributed by atoms with E-state index >= 15 is 0 Å². The fraction of sp³-hybridized carbons (Fsp3) is 0.741. The first-order valence-corrected chi connectivity index (χ1v) is 12.8. The average Bonchev–Trinajstić information content (AvgIpc) is 2.76. The second kappa shape index (κ2) is 19.0. The van der Waals surface area contributed by atoms with Crippen molar-refractivity contribution < 1.29 is 19.4 Å². The maximum atomic E-state index is 10.9. The first-order valence-electron chi connectivity index (χ1n) is 12.8. The van der Waals surface area contributed by atoms with Crippen LogP contribution >= 0.6 is 0 Å². The molecule has 0 aliphatic carbocycles. The molecule has 0 radical (unpaired) electrons. The molecule has 0 saturated heterocycles. The second-order valence-corrected chi connectivity index (χ2v) is 8.72. The normalized spacial score (nSPS) is 11.9. The highest BCUT2D eigenvalue weighted by atomic mass is 16.5. The van der Waals surface area contributed by atoms with E-state index in [2.05, 4.69) is 6.92 Å². The van der Waals surface area contributed by atoms with Crippen LogP contribution in [0.3, 0.4) is 0 Å². The molecular formula is C27H46O4. The van der Waals surface area contributed by atoms with Gasteiger partial charge in [0.1, 0.15) is 11.5 Å². The lowest BCUT2D eigenvalue weighted by molar-refractivity contribution is -0.144. The van der Waals surface area contributed by atoms with Crippen LogP contribution in [-0.4, -0.2) is 23.8 Å². The number of hydrogen-bond acceptors (Lipinski definition) is 3. The minimum absolute atomic E-state index is 0.527. The van der Waals surface area contributed by atoms with E-state index in [0.29, 0.717) is 12.4 Å². The predicted molar refractivity (Wildman–Crippen MR) is 129 cm³/mol. The molecule has 1 N–H and O–H groups in total. The molecule has 1 aromatic rings. The Balaban J connectivity index is 1.89. The zero-order valence-corrected chi connectivity index (χ0v) is 20.1. The molecule has 1 rings (SSSR count). The topological polar surface area (TPSA) is 55.8 Å². The van der Waals surface area contributed by atoms with Crippen LogP contribution in [0, 0.1) is 0 Å². The summed E-state index contributed by atoms with van der Waals surface area (Å²) < 4.78 is 11.2. The van der Waals surface area contributed by atoms with Gasteiger partial charge in [-0.3, -0.25) is 0 Å². The molecule has 0 amide bonds. The highest BCUT2D eigenvalue weighted by Crippen LogP contribution is 2.21. The van der Waals surface area contributed by atoms with Crippen LogP contribution in [0.2, 0.25) is 0 Å². The Labute approximate surface area is 190 Å². The van der Waals surface area contributed by atoms with Gasteiger partial charge in [0.2, 0.25) is 0 Å². The molecule has 31 heavy (non-hydrogen) atoms. The molecule has 0 aliphatic rings. The number of ether oxygens (including phenoxy) is 2. The van der Waals surface area contributed by atoms with Crippen molar-refractivity contribution in [3.05, 3.63) is 24.3 Å². The van der Waals surface area contributed by atoms with Gasteiger partial charge in [-0.25, -0.2) is 4.79 Å². The van der Waals surface area contributed by atoms with Gasteiger partial charge >= 0.3 is 5.97 Å². The zero-order valence-electron chi connectivity index (χ0n) is 20.1. The number of carboxylic acid groups (broad SMARTS) is 1. The summed E-state index contributed by atoms with van der Waals surface area (Å²) in [6, 6.07) is 7.21. The molecule has 4 nitrogen and oxygen atoms in total. The van der Waals surface area contributed by atoms with Gasteiger partial charge in [0, 0.05) is 6.07 Å². The molecule has 1 aromatic carbocycles. The van der Waals surface area contributed by atoms with Crippen LogP contribution in [0.5, 0.6) is 11.5 Å². The molecular weight excluding hydrogens is 388 g/mol. The molecule has 0 bridgehead atoms. The van der Waals surface area contributed by atoms with Gasteiger partial charge in [-0.05, 0) is 25.5 Å². The van der Waals surface area contributed by atoms with E-state index in [1.807, 2.05) is 12.1 Å². The van der Waals surface area contributed by atoms with Gasteiger partial charge in [-0.2, -0.15) is 0 Å². The molecule has 0 heterocycles. The summed E-state index contributed by atoms with van der Waals surface area (Å²) in [6.07, 6.45) is 20.9. The number of unbranched alkanes of at least 4 members (excludes halogenated alkanes) is 15. The van der Waals surface area contributed by atoms with Crippen molar-refractivity contribution in [2.24, 2.45) is 0 Å². The number of aliphatic carboxylic acids is 1. The predicted octanol–water partition coefficient (Wildman–Crippen LogP) is 8.18. The van der Waals surface area contributed by atoms with Crippen LogP contribution in [-0.2, 0) is 4.79 Å². The number of carboxylic acids is 1. The summed E-state index contributed by atoms with van der Waals surface area (Å²) in [5.74, 6) is 0.287. The molecule has 1 atom stereocenters. The van der Waals surface area contributed by atoms with E-state index in [1.165, 1.54) is 103 Å². The number of carbonyl (C=O) groups is 1. The van der Waals surface area contributed by atoms with E-state index in [-0.39, 0.29) is 0 Å². The summed E-state index contributed by atoms with van der Waals surface area (Å²) in [4.78, 5) is 10.9. The van der Waals surface area contributed by atoms with Gasteiger partial charge in [0.25, 0.3) is 0 Å². The largest absolute Gasteiger partial charge is 0.493 e. The number of rotatable bonds is 21. The fourth-order valence-electron chi connectivity index (χ4n) is 3.73. The fourth-order valence-corrected chi connectivity index (χ4v) is 3.73. The molecule has 1 unspecified atom stereocenters. The average molecular weight is 435 g/mol. The van der Waals surface area contributed by atoms with Crippen LogP contribution in [0.15, 0.2) is 24.3 Å². The van der Waals surface area contributed by atoms with Crippen LogP contribution < -0.4 is 9.47 Å². The van der Waals surface area contributed by atoms with Gasteiger partial charge < -0.3 is 14.6 Å². The van der Waals surface area contributed by atoms with Crippen molar-refractivity contribution in [2.75, 3.05) is 6.61 Å². The van der Waals surface area contributed by atoms with E-state index < -0.39 is 12.1 Å². The van der Waals surface area contributed by atoms with Crippen molar-refractivity contribution in [1.29, 1.82) is 0 Å². The van der Waals surface area contributed by atoms with Crippen LogP contribution in [0.25, 0.3) is 0 Å². The van der Waals surface area contributed by atoms with Gasteiger partial charge in [0.05, 0.1) is 6.61 Å².